The van der Waals surface area contributed by atoms with E-state index in [2.05, 4.69) is 9.72 Å². The first-order valence-corrected chi connectivity index (χ1v) is 7.91. The molecule has 2 heterocycles. The quantitative estimate of drug-likeness (QED) is 0.681. The number of ether oxygens (including phenoxy) is 1. The number of furan rings is 1. The Labute approximate surface area is 156 Å². The maximum atomic E-state index is 12.7. The summed E-state index contributed by atoms with van der Waals surface area (Å²) in [6.07, 6.45) is -2.07. The van der Waals surface area contributed by atoms with Gasteiger partial charge in [0.25, 0.3) is 0 Å². The van der Waals surface area contributed by atoms with E-state index in [9.17, 15) is 22.8 Å². The minimum absolute atomic E-state index is 0.165. The second kappa shape index (κ2) is 7.55. The highest BCUT2D eigenvalue weighted by Gasteiger charge is 2.32. The molecular weight excluding hydrogens is 377 g/mol. The Morgan fingerprint density at radius 2 is 1.96 bits per heavy atom. The van der Waals surface area contributed by atoms with Gasteiger partial charge in [0.05, 0.1) is 18.4 Å². The highest BCUT2D eigenvalue weighted by atomic mass is 19.4. The van der Waals surface area contributed by atoms with Gasteiger partial charge in [0.1, 0.15) is 17.2 Å². The van der Waals surface area contributed by atoms with Gasteiger partial charge in [-0.05, 0) is 42.5 Å². The number of hydrogen-bond acceptors (Lipinski definition) is 5. The Bertz CT molecular complexity index is 1100. The van der Waals surface area contributed by atoms with Crippen molar-refractivity contribution in [3.8, 4) is 11.3 Å². The highest BCUT2D eigenvalue weighted by molar-refractivity contribution is 5.90. The zero-order valence-corrected chi connectivity index (χ0v) is 14.4. The molecule has 2 aromatic heterocycles. The summed E-state index contributed by atoms with van der Waals surface area (Å²) >= 11 is 0. The maximum Gasteiger partial charge on any atom is 0.431 e. The lowest BCUT2D eigenvalue weighted by atomic mass is 10.1. The molecule has 1 aromatic carbocycles. The average Bonchev–Trinajstić information content (AvgIpc) is 3.14. The topological polar surface area (TPSA) is 85.2 Å². The van der Waals surface area contributed by atoms with Crippen molar-refractivity contribution in [2.75, 3.05) is 7.11 Å². The van der Waals surface area contributed by atoms with Gasteiger partial charge < -0.3 is 14.1 Å². The van der Waals surface area contributed by atoms with Crippen LogP contribution >= 0.6 is 0 Å². The van der Waals surface area contributed by atoms with E-state index < -0.39 is 23.5 Å². The standard InChI is InChI=1S/C19H13F3N2O4/c1-27-17(25)12-4-2-3-11(9-12)15-8-7-14(28-15)6-5-13-10-16(19(20,21)22)24-18(26)23-13/h2-10H,1H3,(H,23,24,26)/b6-5+. The molecule has 144 valence electrons. The third kappa shape index (κ3) is 4.37. The molecule has 6 nitrogen and oxygen atoms in total. The van der Waals surface area contributed by atoms with Crippen LogP contribution in [0, 0.1) is 0 Å². The molecule has 3 aromatic rings. The number of halogens is 3. The van der Waals surface area contributed by atoms with E-state index in [0.29, 0.717) is 22.6 Å². The van der Waals surface area contributed by atoms with Gasteiger partial charge in [-0.1, -0.05) is 12.1 Å². The lowest BCUT2D eigenvalue weighted by Gasteiger charge is -2.05. The van der Waals surface area contributed by atoms with E-state index in [1.165, 1.54) is 19.3 Å². The number of rotatable bonds is 4. The molecule has 0 amide bonds. The Hall–Kier alpha value is -3.62. The molecule has 0 aliphatic carbocycles. The number of aromatic nitrogens is 2. The van der Waals surface area contributed by atoms with E-state index >= 15 is 0 Å². The largest absolute Gasteiger partial charge is 0.465 e. The molecule has 0 spiro atoms. The van der Waals surface area contributed by atoms with Crippen LogP contribution in [0.2, 0.25) is 0 Å². The number of aromatic amines is 1. The summed E-state index contributed by atoms with van der Waals surface area (Å²) in [4.78, 5) is 28.0. The van der Waals surface area contributed by atoms with Crippen LogP contribution < -0.4 is 5.69 Å². The Morgan fingerprint density at radius 1 is 1.18 bits per heavy atom. The van der Waals surface area contributed by atoms with Crippen LogP contribution in [0.15, 0.2) is 51.7 Å². The molecule has 0 aliphatic rings. The van der Waals surface area contributed by atoms with Crippen LogP contribution in [-0.4, -0.2) is 23.0 Å². The van der Waals surface area contributed by atoms with Crippen molar-refractivity contribution in [1.82, 2.24) is 9.97 Å². The second-order valence-electron chi connectivity index (χ2n) is 5.63. The number of esters is 1. The molecule has 28 heavy (non-hydrogen) atoms. The average molecular weight is 390 g/mol. The Morgan fingerprint density at radius 3 is 2.68 bits per heavy atom. The number of nitrogens with zero attached hydrogens (tertiary/aromatic N) is 1. The van der Waals surface area contributed by atoms with Gasteiger partial charge in [-0.2, -0.15) is 18.2 Å². The summed E-state index contributed by atoms with van der Waals surface area (Å²) < 4.78 is 48.5. The first-order valence-electron chi connectivity index (χ1n) is 7.91. The minimum Gasteiger partial charge on any atom is -0.465 e. The molecule has 0 radical (unpaired) electrons. The Balaban J connectivity index is 1.85. The van der Waals surface area contributed by atoms with Gasteiger partial charge in [0, 0.05) is 5.56 Å². The molecule has 0 atom stereocenters. The van der Waals surface area contributed by atoms with Crippen molar-refractivity contribution >= 4 is 18.1 Å². The van der Waals surface area contributed by atoms with Crippen LogP contribution in [0.3, 0.4) is 0 Å². The number of nitrogens with one attached hydrogen (secondary N) is 1. The van der Waals surface area contributed by atoms with E-state index in [4.69, 9.17) is 4.42 Å². The maximum absolute atomic E-state index is 12.7. The zero-order chi connectivity index (χ0) is 20.3. The molecule has 0 unspecified atom stereocenters. The van der Waals surface area contributed by atoms with Gasteiger partial charge in [0.2, 0.25) is 0 Å². The smallest absolute Gasteiger partial charge is 0.431 e. The molecule has 1 N–H and O–H groups in total. The summed E-state index contributed by atoms with van der Waals surface area (Å²) in [7, 11) is 1.28. The Kier molecular flexibility index (Phi) is 5.16. The number of alkyl halides is 3. The summed E-state index contributed by atoms with van der Waals surface area (Å²) in [5.41, 5.74) is -1.49. The van der Waals surface area contributed by atoms with Gasteiger partial charge in [-0.25, -0.2) is 9.59 Å². The van der Waals surface area contributed by atoms with E-state index in [0.717, 1.165) is 6.07 Å². The fourth-order valence-electron chi connectivity index (χ4n) is 2.40. The van der Waals surface area contributed by atoms with Crippen molar-refractivity contribution in [2.45, 2.75) is 6.18 Å². The van der Waals surface area contributed by atoms with Crippen molar-refractivity contribution < 1.29 is 27.1 Å². The molecular formula is C19H13F3N2O4. The van der Waals surface area contributed by atoms with E-state index in [-0.39, 0.29) is 5.69 Å². The number of methoxy groups -OCH3 is 1. The summed E-state index contributed by atoms with van der Waals surface area (Å²) in [5.74, 6) is 0.281. The lowest BCUT2D eigenvalue weighted by molar-refractivity contribution is -0.141. The molecule has 0 bridgehead atoms. The van der Waals surface area contributed by atoms with Gasteiger partial charge in [0.15, 0.2) is 0 Å². The first kappa shape index (κ1) is 19.2. The molecule has 0 saturated carbocycles. The normalized spacial score (nSPS) is 11.7. The number of carbonyl (C=O) groups excluding carboxylic acids is 1. The van der Waals surface area contributed by atoms with Crippen LogP contribution in [-0.2, 0) is 10.9 Å². The zero-order valence-electron chi connectivity index (χ0n) is 14.4. The fourth-order valence-corrected chi connectivity index (χ4v) is 2.40. The minimum atomic E-state index is -4.69. The third-order valence-electron chi connectivity index (χ3n) is 3.68. The van der Waals surface area contributed by atoms with Crippen LogP contribution in [0.4, 0.5) is 13.2 Å². The SMILES string of the molecule is COC(=O)c1cccc(-c2ccc(/C=C/c3cc(C(F)(F)F)[nH]c(=O)n3)o2)c1. The lowest BCUT2D eigenvalue weighted by Crippen LogP contribution is -2.19. The molecule has 3 rings (SSSR count). The fraction of sp³-hybridized carbons (Fsp3) is 0.105. The van der Waals surface area contributed by atoms with Crippen LogP contribution in [0.25, 0.3) is 23.5 Å². The predicted octanol–water partition coefficient (Wildman–Crippen LogP) is 4.01. The number of hydrogen-bond donors (Lipinski definition) is 1. The van der Waals surface area contributed by atoms with Gasteiger partial charge in [-0.3, -0.25) is 0 Å². The number of benzene rings is 1. The molecule has 0 saturated heterocycles. The number of carbonyl (C=O) groups is 1. The van der Waals surface area contributed by atoms with Crippen molar-refractivity contribution in [3.05, 3.63) is 75.7 Å². The monoisotopic (exact) mass is 390 g/mol. The van der Waals surface area contributed by atoms with Crippen LogP contribution in [0.5, 0.6) is 0 Å². The highest BCUT2D eigenvalue weighted by Crippen LogP contribution is 2.27. The van der Waals surface area contributed by atoms with Crippen molar-refractivity contribution in [1.29, 1.82) is 0 Å². The van der Waals surface area contributed by atoms with Gasteiger partial charge in [-0.15, -0.1) is 0 Å². The third-order valence-corrected chi connectivity index (χ3v) is 3.68. The van der Waals surface area contributed by atoms with Crippen molar-refractivity contribution in [3.63, 3.8) is 0 Å². The van der Waals surface area contributed by atoms with Crippen molar-refractivity contribution in [2.24, 2.45) is 0 Å². The van der Waals surface area contributed by atoms with E-state index in [1.54, 1.807) is 41.4 Å². The summed E-state index contributed by atoms with van der Waals surface area (Å²) in [6, 6.07) is 10.5. The molecule has 0 aliphatic heterocycles. The predicted molar refractivity (Wildman–Crippen MR) is 94.3 cm³/mol. The number of H-pyrrole nitrogens is 1. The van der Waals surface area contributed by atoms with Crippen LogP contribution in [0.1, 0.15) is 27.5 Å². The first-order chi connectivity index (χ1) is 13.3. The summed E-state index contributed by atoms with van der Waals surface area (Å²) in [6.45, 7) is 0. The molecule has 0 fully saturated rings. The van der Waals surface area contributed by atoms with E-state index in [1.807, 2.05) is 0 Å². The van der Waals surface area contributed by atoms with Gasteiger partial charge >= 0.3 is 17.8 Å². The molecule has 9 heteroatoms. The summed E-state index contributed by atoms with van der Waals surface area (Å²) in [5, 5.41) is 0. The second-order valence-corrected chi connectivity index (χ2v) is 5.63.